The highest BCUT2D eigenvalue weighted by Crippen LogP contribution is 2.53. The van der Waals surface area contributed by atoms with Crippen molar-refractivity contribution >= 4 is 5.91 Å². The van der Waals surface area contributed by atoms with Crippen LogP contribution < -0.4 is 0 Å². The van der Waals surface area contributed by atoms with Crippen molar-refractivity contribution < 1.29 is 9.53 Å². The van der Waals surface area contributed by atoms with Crippen LogP contribution in [-0.4, -0.2) is 29.2 Å². The lowest BCUT2D eigenvalue weighted by molar-refractivity contribution is -0.203. The molecule has 3 fully saturated rings. The van der Waals surface area contributed by atoms with Gasteiger partial charge in [-0.15, -0.1) is 0 Å². The maximum Gasteiger partial charge on any atom is 0.225 e. The predicted octanol–water partition coefficient (Wildman–Crippen LogP) is 1.55. The van der Waals surface area contributed by atoms with Crippen LogP contribution in [0.4, 0.5) is 0 Å². The van der Waals surface area contributed by atoms with Crippen molar-refractivity contribution in [2.24, 2.45) is 17.8 Å². The summed E-state index contributed by atoms with van der Waals surface area (Å²) in [5.74, 6) is 2.12. The third-order valence-electron chi connectivity index (χ3n) is 5.04. The molecule has 2 heterocycles. The van der Waals surface area contributed by atoms with Gasteiger partial charge in [0.15, 0.2) is 0 Å². The van der Waals surface area contributed by atoms with Crippen molar-refractivity contribution in [2.75, 3.05) is 6.61 Å². The summed E-state index contributed by atoms with van der Waals surface area (Å²) in [6.45, 7) is 2.93. The Morgan fingerprint density at radius 1 is 1.44 bits per heavy atom. The highest BCUT2D eigenvalue weighted by Gasteiger charge is 2.58. The Hall–Kier alpha value is -0.830. The summed E-state index contributed by atoms with van der Waals surface area (Å²) in [4.78, 5) is 14.1. The SMILES string of the molecule is C[C@@]12CCC(=O)N1[C@@H]1[C@H](CO2)[C@@H]2C=C[C@H]1C2. The number of hydrogen-bond acceptors (Lipinski definition) is 2. The lowest BCUT2D eigenvalue weighted by Gasteiger charge is -2.49. The minimum atomic E-state index is -0.295. The van der Waals surface area contributed by atoms with Crippen molar-refractivity contribution in [2.45, 2.75) is 38.0 Å². The normalized spacial score (nSPS) is 53.3. The van der Waals surface area contributed by atoms with E-state index >= 15 is 0 Å². The van der Waals surface area contributed by atoms with Gasteiger partial charge in [-0.3, -0.25) is 4.79 Å². The van der Waals surface area contributed by atoms with E-state index in [-0.39, 0.29) is 5.72 Å². The van der Waals surface area contributed by atoms with E-state index in [0.717, 1.165) is 13.0 Å². The topological polar surface area (TPSA) is 29.5 Å². The Balaban J connectivity index is 1.77. The Labute approximate surface area is 95.4 Å². The van der Waals surface area contributed by atoms with Crippen LogP contribution >= 0.6 is 0 Å². The van der Waals surface area contributed by atoms with E-state index in [1.54, 1.807) is 0 Å². The molecule has 16 heavy (non-hydrogen) atoms. The first-order chi connectivity index (χ1) is 7.69. The van der Waals surface area contributed by atoms with E-state index in [1.807, 2.05) is 0 Å². The van der Waals surface area contributed by atoms with Gasteiger partial charge in [0.25, 0.3) is 0 Å². The van der Waals surface area contributed by atoms with Crippen molar-refractivity contribution in [3.05, 3.63) is 12.2 Å². The van der Waals surface area contributed by atoms with Gasteiger partial charge in [-0.05, 0) is 25.2 Å². The van der Waals surface area contributed by atoms with E-state index in [4.69, 9.17) is 4.74 Å². The van der Waals surface area contributed by atoms with Gasteiger partial charge in [-0.1, -0.05) is 12.2 Å². The van der Waals surface area contributed by atoms with E-state index in [1.165, 1.54) is 6.42 Å². The first-order valence-electron chi connectivity index (χ1n) is 6.33. The molecular weight excluding hydrogens is 202 g/mol. The summed E-state index contributed by atoms with van der Waals surface area (Å²) >= 11 is 0. The molecule has 2 saturated heterocycles. The summed E-state index contributed by atoms with van der Waals surface area (Å²) in [5, 5.41) is 0. The third-order valence-corrected chi connectivity index (χ3v) is 5.04. The van der Waals surface area contributed by atoms with Gasteiger partial charge in [0.1, 0.15) is 5.72 Å². The van der Waals surface area contributed by atoms with Gasteiger partial charge in [0.05, 0.1) is 6.61 Å². The summed E-state index contributed by atoms with van der Waals surface area (Å²) in [6, 6.07) is 0.434. The second-order valence-electron chi connectivity index (χ2n) is 5.85. The molecule has 3 heteroatoms. The van der Waals surface area contributed by atoms with Crippen LogP contribution in [0.25, 0.3) is 0 Å². The summed E-state index contributed by atoms with van der Waals surface area (Å²) in [6.07, 6.45) is 7.43. The smallest absolute Gasteiger partial charge is 0.225 e. The lowest BCUT2D eigenvalue weighted by Crippen LogP contribution is -2.60. The number of ether oxygens (including phenoxy) is 1. The second-order valence-corrected chi connectivity index (χ2v) is 5.85. The Kier molecular flexibility index (Phi) is 1.56. The number of allylic oxidation sites excluding steroid dienone is 1. The first kappa shape index (κ1) is 9.23. The minimum absolute atomic E-state index is 0.295. The number of carbonyl (C=O) groups is 1. The van der Waals surface area contributed by atoms with Gasteiger partial charge < -0.3 is 9.64 Å². The molecule has 2 bridgehead atoms. The van der Waals surface area contributed by atoms with Crippen molar-refractivity contribution in [1.82, 2.24) is 4.90 Å². The second kappa shape index (κ2) is 2.70. The zero-order valence-electron chi connectivity index (χ0n) is 9.56. The van der Waals surface area contributed by atoms with Gasteiger partial charge >= 0.3 is 0 Å². The molecule has 0 aromatic heterocycles. The van der Waals surface area contributed by atoms with Crippen molar-refractivity contribution in [3.63, 3.8) is 0 Å². The molecule has 4 aliphatic rings. The predicted molar refractivity (Wildman–Crippen MR) is 58.5 cm³/mol. The molecule has 5 atom stereocenters. The fourth-order valence-electron chi connectivity index (χ4n) is 4.25. The number of hydrogen-bond donors (Lipinski definition) is 0. The van der Waals surface area contributed by atoms with E-state index in [2.05, 4.69) is 24.0 Å². The molecule has 86 valence electrons. The molecule has 4 rings (SSSR count). The Bertz CT molecular complexity index is 391. The average Bonchev–Trinajstić information content (AvgIpc) is 2.92. The van der Waals surface area contributed by atoms with Gasteiger partial charge in [-0.25, -0.2) is 0 Å². The van der Waals surface area contributed by atoms with Crippen LogP contribution in [0.5, 0.6) is 0 Å². The molecule has 0 unspecified atom stereocenters. The monoisotopic (exact) mass is 219 g/mol. The molecule has 2 aliphatic carbocycles. The van der Waals surface area contributed by atoms with Crippen LogP contribution in [0.3, 0.4) is 0 Å². The molecule has 1 amide bonds. The Morgan fingerprint density at radius 3 is 3.12 bits per heavy atom. The van der Waals surface area contributed by atoms with Crippen LogP contribution in [0.1, 0.15) is 26.2 Å². The lowest BCUT2D eigenvalue weighted by atomic mass is 9.86. The standard InChI is InChI=1S/C13H17NO2/c1-13-5-4-11(15)14(13)12-9-3-2-8(6-9)10(12)7-16-13/h2-3,8-10,12H,4-7H2,1H3/t8-,9+,10-,12+,13-/m1/s1. The molecule has 0 spiro atoms. The van der Waals surface area contributed by atoms with Gasteiger partial charge in [-0.2, -0.15) is 0 Å². The molecule has 0 aromatic carbocycles. The van der Waals surface area contributed by atoms with Crippen LogP contribution in [-0.2, 0) is 9.53 Å². The fraction of sp³-hybridized carbons (Fsp3) is 0.769. The zero-order chi connectivity index (χ0) is 10.9. The number of rotatable bonds is 0. The maximum absolute atomic E-state index is 12.1. The zero-order valence-corrected chi connectivity index (χ0v) is 9.56. The first-order valence-corrected chi connectivity index (χ1v) is 6.33. The third kappa shape index (κ3) is 0.915. The summed E-state index contributed by atoms with van der Waals surface area (Å²) in [5.41, 5.74) is -0.295. The summed E-state index contributed by atoms with van der Waals surface area (Å²) < 4.78 is 6.00. The maximum atomic E-state index is 12.1. The number of fused-ring (bicyclic) bond motifs is 7. The van der Waals surface area contributed by atoms with Gasteiger partial charge in [0, 0.05) is 24.8 Å². The number of carbonyl (C=O) groups excluding carboxylic acids is 1. The van der Waals surface area contributed by atoms with E-state index in [0.29, 0.717) is 36.1 Å². The Morgan fingerprint density at radius 2 is 2.25 bits per heavy atom. The van der Waals surface area contributed by atoms with Crippen molar-refractivity contribution in [3.8, 4) is 0 Å². The minimum Gasteiger partial charge on any atom is -0.355 e. The molecule has 2 aliphatic heterocycles. The van der Waals surface area contributed by atoms with Crippen LogP contribution in [0, 0.1) is 17.8 Å². The van der Waals surface area contributed by atoms with Crippen LogP contribution in [0.2, 0.25) is 0 Å². The number of amides is 1. The summed E-state index contributed by atoms with van der Waals surface area (Å²) in [7, 11) is 0. The highest BCUT2D eigenvalue weighted by atomic mass is 16.5. The molecule has 0 N–H and O–H groups in total. The molecule has 1 saturated carbocycles. The molecule has 3 nitrogen and oxygen atoms in total. The van der Waals surface area contributed by atoms with Crippen molar-refractivity contribution in [1.29, 1.82) is 0 Å². The molecular formula is C13H17NO2. The molecule has 0 radical (unpaired) electrons. The number of nitrogens with zero attached hydrogens (tertiary/aromatic N) is 1. The quantitative estimate of drug-likeness (QED) is 0.578. The average molecular weight is 219 g/mol. The fourth-order valence-corrected chi connectivity index (χ4v) is 4.25. The van der Waals surface area contributed by atoms with E-state index in [9.17, 15) is 4.79 Å². The highest BCUT2D eigenvalue weighted by molar-refractivity contribution is 5.80. The molecule has 0 aromatic rings. The van der Waals surface area contributed by atoms with Gasteiger partial charge in [0.2, 0.25) is 5.91 Å². The van der Waals surface area contributed by atoms with Crippen LogP contribution in [0.15, 0.2) is 12.2 Å². The van der Waals surface area contributed by atoms with E-state index < -0.39 is 0 Å². The largest absolute Gasteiger partial charge is 0.355 e.